The summed E-state index contributed by atoms with van der Waals surface area (Å²) in [6.07, 6.45) is 2.92. The molecule has 4 heteroatoms. The van der Waals surface area contributed by atoms with Gasteiger partial charge in [-0.1, -0.05) is 41.8 Å². The Labute approximate surface area is 97.3 Å². The lowest BCUT2D eigenvalue weighted by atomic mass is 10.2. The van der Waals surface area contributed by atoms with Crippen molar-refractivity contribution < 1.29 is 6.11 Å². The molecule has 16 heavy (non-hydrogen) atoms. The van der Waals surface area contributed by atoms with Crippen molar-refractivity contribution in [2.24, 2.45) is 5.11 Å². The molecule has 0 saturated carbocycles. The van der Waals surface area contributed by atoms with E-state index in [0.29, 0.717) is 19.2 Å². The first-order chi connectivity index (χ1) is 8.33. The number of hydrogen-bond acceptors (Lipinski definition) is 2. The second kappa shape index (κ2) is 8.77. The summed E-state index contributed by atoms with van der Waals surface area (Å²) >= 11 is 0. The van der Waals surface area contributed by atoms with Gasteiger partial charge in [-0.25, -0.2) is 0 Å². The third-order valence-electron chi connectivity index (χ3n) is 2.17. The minimum atomic E-state index is 0.520. The van der Waals surface area contributed by atoms with Crippen LogP contribution in [0.25, 0.3) is 10.4 Å². The van der Waals surface area contributed by atoms with Gasteiger partial charge < -0.3 is 4.74 Å². The standard InChI is InChI=1S/C12H17N3O/c13-15-14-9-5-2-6-10-16-11-12-7-3-1-4-8-12/h1,3-4,7-8H,2,5-6,9-11H2/i1D. The van der Waals surface area contributed by atoms with Crippen molar-refractivity contribution in [2.45, 2.75) is 25.9 Å². The summed E-state index contributed by atoms with van der Waals surface area (Å²) < 4.78 is 12.8. The molecule has 86 valence electrons. The summed E-state index contributed by atoms with van der Waals surface area (Å²) in [6.45, 7) is 1.89. The fraction of sp³-hybridized carbons (Fsp3) is 0.500. The highest BCUT2D eigenvalue weighted by Gasteiger charge is 1.92. The third-order valence-corrected chi connectivity index (χ3v) is 2.17. The number of ether oxygens (including phenoxy) is 1. The van der Waals surface area contributed by atoms with Crippen LogP contribution in [0.2, 0.25) is 0 Å². The summed E-state index contributed by atoms with van der Waals surface area (Å²) in [4.78, 5) is 2.69. The van der Waals surface area contributed by atoms with Crippen molar-refractivity contribution in [3.8, 4) is 0 Å². The van der Waals surface area contributed by atoms with Crippen LogP contribution in [0.1, 0.15) is 26.2 Å². The number of rotatable bonds is 8. The number of benzene rings is 1. The van der Waals surface area contributed by atoms with E-state index in [2.05, 4.69) is 10.0 Å². The monoisotopic (exact) mass is 220 g/mol. The molecule has 0 unspecified atom stereocenters. The minimum absolute atomic E-state index is 0.520. The molecule has 0 N–H and O–H groups in total. The molecule has 1 rings (SSSR count). The highest BCUT2D eigenvalue weighted by Crippen LogP contribution is 2.02. The lowest BCUT2D eigenvalue weighted by Crippen LogP contribution is -1.95. The summed E-state index contributed by atoms with van der Waals surface area (Å²) in [5.41, 5.74) is 9.17. The Morgan fingerprint density at radius 1 is 1.31 bits per heavy atom. The average molecular weight is 220 g/mol. The first-order valence-corrected chi connectivity index (χ1v) is 5.47. The third kappa shape index (κ3) is 6.06. The van der Waals surface area contributed by atoms with E-state index in [1.807, 2.05) is 12.1 Å². The maximum Gasteiger partial charge on any atom is 0.0716 e. The zero-order valence-electron chi connectivity index (χ0n) is 10.3. The summed E-state index contributed by atoms with van der Waals surface area (Å²) in [6, 6.07) is 7.86. The van der Waals surface area contributed by atoms with E-state index in [9.17, 15) is 0 Å². The Balaban J connectivity index is 2.00. The van der Waals surface area contributed by atoms with E-state index in [-0.39, 0.29) is 0 Å². The molecule has 0 aliphatic rings. The fourth-order valence-electron chi connectivity index (χ4n) is 1.32. The average Bonchev–Trinajstić information content (AvgIpc) is 2.35. The van der Waals surface area contributed by atoms with E-state index in [1.165, 1.54) is 0 Å². The van der Waals surface area contributed by atoms with Gasteiger partial charge >= 0.3 is 0 Å². The predicted molar refractivity (Wildman–Crippen MR) is 64.0 cm³/mol. The molecule has 0 amide bonds. The SMILES string of the molecule is [2H]c1ccc(COCCCCCN=[N+]=[N-])cc1. The van der Waals surface area contributed by atoms with Crippen LogP contribution >= 0.6 is 0 Å². The van der Waals surface area contributed by atoms with Crippen molar-refractivity contribution in [3.05, 3.63) is 46.3 Å². The predicted octanol–water partition coefficient (Wildman–Crippen LogP) is 3.68. The van der Waals surface area contributed by atoms with Gasteiger partial charge in [0.25, 0.3) is 0 Å². The van der Waals surface area contributed by atoms with Gasteiger partial charge in [-0.3, -0.25) is 0 Å². The lowest BCUT2D eigenvalue weighted by Gasteiger charge is -2.03. The van der Waals surface area contributed by atoms with Crippen LogP contribution in [0.4, 0.5) is 0 Å². The van der Waals surface area contributed by atoms with Gasteiger partial charge in [0.05, 0.1) is 7.98 Å². The van der Waals surface area contributed by atoms with Crippen LogP contribution in [-0.4, -0.2) is 13.2 Å². The van der Waals surface area contributed by atoms with Crippen LogP contribution in [0.5, 0.6) is 0 Å². The van der Waals surface area contributed by atoms with E-state index in [0.717, 1.165) is 31.4 Å². The van der Waals surface area contributed by atoms with Crippen molar-refractivity contribution in [1.82, 2.24) is 0 Å². The van der Waals surface area contributed by atoms with Gasteiger partial charge in [0.2, 0.25) is 0 Å². The van der Waals surface area contributed by atoms with Crippen molar-refractivity contribution in [1.29, 1.82) is 0 Å². The Bertz CT molecular complexity index is 361. The van der Waals surface area contributed by atoms with Crippen LogP contribution in [-0.2, 0) is 11.3 Å². The molecular formula is C12H17N3O. The lowest BCUT2D eigenvalue weighted by molar-refractivity contribution is 0.117. The normalized spacial score (nSPS) is 10.6. The Morgan fingerprint density at radius 2 is 2.12 bits per heavy atom. The van der Waals surface area contributed by atoms with Crippen molar-refractivity contribution >= 4 is 0 Å². The molecule has 0 radical (unpaired) electrons. The van der Waals surface area contributed by atoms with Crippen LogP contribution in [0.3, 0.4) is 0 Å². The molecule has 0 saturated heterocycles. The zero-order chi connectivity index (χ0) is 12.3. The largest absolute Gasteiger partial charge is 0.377 e. The molecule has 4 nitrogen and oxygen atoms in total. The molecule has 0 aliphatic carbocycles. The van der Waals surface area contributed by atoms with Gasteiger partial charge in [0.1, 0.15) is 0 Å². The van der Waals surface area contributed by atoms with E-state index >= 15 is 0 Å². The van der Waals surface area contributed by atoms with E-state index < -0.39 is 0 Å². The molecule has 1 aromatic carbocycles. The van der Waals surface area contributed by atoms with Gasteiger partial charge in [0.15, 0.2) is 0 Å². The fourth-order valence-corrected chi connectivity index (χ4v) is 1.32. The van der Waals surface area contributed by atoms with Gasteiger partial charge in [0, 0.05) is 18.1 Å². The molecule has 0 heterocycles. The van der Waals surface area contributed by atoms with Crippen LogP contribution in [0, 0.1) is 0 Å². The highest BCUT2D eigenvalue weighted by atomic mass is 16.5. The van der Waals surface area contributed by atoms with E-state index in [4.69, 9.17) is 11.6 Å². The van der Waals surface area contributed by atoms with Crippen LogP contribution in [0.15, 0.2) is 35.4 Å². The highest BCUT2D eigenvalue weighted by molar-refractivity contribution is 5.13. The molecule has 0 bridgehead atoms. The molecule has 0 aromatic heterocycles. The maximum absolute atomic E-state index is 8.07. The van der Waals surface area contributed by atoms with Crippen molar-refractivity contribution in [3.63, 3.8) is 0 Å². The smallest absolute Gasteiger partial charge is 0.0716 e. The first kappa shape index (κ1) is 11.0. The zero-order valence-corrected chi connectivity index (χ0v) is 9.30. The quantitative estimate of drug-likeness (QED) is 0.285. The number of hydrogen-bond donors (Lipinski definition) is 0. The topological polar surface area (TPSA) is 58.0 Å². The van der Waals surface area contributed by atoms with Crippen LogP contribution < -0.4 is 0 Å². The molecule has 0 fully saturated rings. The van der Waals surface area contributed by atoms with Gasteiger partial charge in [-0.05, 0) is 23.9 Å². The molecule has 0 atom stereocenters. The second-order valence-corrected chi connectivity index (χ2v) is 3.48. The summed E-state index contributed by atoms with van der Waals surface area (Å²) in [5.74, 6) is 0. The van der Waals surface area contributed by atoms with Gasteiger partial charge in [-0.15, -0.1) is 0 Å². The Hall–Kier alpha value is -1.51. The molecule has 1 aromatic rings. The van der Waals surface area contributed by atoms with E-state index in [1.54, 1.807) is 12.1 Å². The van der Waals surface area contributed by atoms with Crippen molar-refractivity contribution in [2.75, 3.05) is 13.2 Å². The number of azide groups is 1. The number of unbranched alkanes of at least 4 members (excludes halogenated alkanes) is 2. The molecule has 0 aliphatic heterocycles. The minimum Gasteiger partial charge on any atom is -0.377 e. The first-order valence-electron chi connectivity index (χ1n) is 5.97. The molecular weight excluding hydrogens is 202 g/mol. The van der Waals surface area contributed by atoms with Gasteiger partial charge in [-0.2, -0.15) is 0 Å². The molecule has 0 spiro atoms. The maximum atomic E-state index is 8.07. The summed E-state index contributed by atoms with van der Waals surface area (Å²) in [7, 11) is 0. The summed E-state index contributed by atoms with van der Waals surface area (Å²) in [5, 5.41) is 3.47. The Kier molecular flexibility index (Phi) is 6.02. The number of nitrogens with zero attached hydrogens (tertiary/aromatic N) is 3. The Morgan fingerprint density at radius 3 is 2.88 bits per heavy atom. The second-order valence-electron chi connectivity index (χ2n) is 3.48.